The number of aryl methyl sites for hydroxylation is 2. The molecule has 0 aliphatic heterocycles. The number of thioether (sulfide) groups is 1. The van der Waals surface area contributed by atoms with Crippen molar-refractivity contribution in [2.24, 2.45) is 0 Å². The SMILES string of the molecule is C=CCn1c(SCC(=O)c2cc(C)n(CCOC)c2C)nnc1-c1cccc(C)c1. The van der Waals surface area contributed by atoms with Gasteiger partial charge in [-0.15, -0.1) is 16.8 Å². The highest BCUT2D eigenvalue weighted by atomic mass is 32.2. The van der Waals surface area contributed by atoms with Gasteiger partial charge in [-0.1, -0.05) is 41.6 Å². The Morgan fingerprint density at radius 1 is 1.20 bits per heavy atom. The first kappa shape index (κ1) is 22.1. The predicted octanol–water partition coefficient (Wildman–Crippen LogP) is 4.48. The van der Waals surface area contributed by atoms with E-state index in [1.54, 1.807) is 7.11 Å². The molecule has 7 heteroatoms. The van der Waals surface area contributed by atoms with Crippen LogP contribution in [0.3, 0.4) is 0 Å². The number of methoxy groups -OCH3 is 1. The lowest BCUT2D eigenvalue weighted by Crippen LogP contribution is -2.10. The Morgan fingerprint density at radius 2 is 2.00 bits per heavy atom. The normalized spacial score (nSPS) is 11.1. The fraction of sp³-hybridized carbons (Fsp3) is 0.348. The van der Waals surface area contributed by atoms with Crippen molar-refractivity contribution in [3.05, 3.63) is 65.5 Å². The third-order valence-corrected chi connectivity index (χ3v) is 6.00. The number of aromatic nitrogens is 4. The van der Waals surface area contributed by atoms with Crippen molar-refractivity contribution in [3.8, 4) is 11.4 Å². The fourth-order valence-corrected chi connectivity index (χ4v) is 4.34. The standard InChI is InChI=1S/C23H28N4O2S/c1-6-10-27-22(19-9-7-8-16(2)13-19)24-25-23(27)30-15-21(28)20-14-17(3)26(18(20)4)11-12-29-5/h6-9,13-14H,1,10-12,15H2,2-5H3. The average Bonchev–Trinajstić information content (AvgIpc) is 3.25. The van der Waals surface area contributed by atoms with Gasteiger partial charge in [-0.2, -0.15) is 0 Å². The number of nitrogens with zero attached hydrogens (tertiary/aromatic N) is 4. The zero-order valence-electron chi connectivity index (χ0n) is 18.0. The molecule has 0 saturated heterocycles. The van der Waals surface area contributed by atoms with E-state index in [0.29, 0.717) is 24.1 Å². The van der Waals surface area contributed by atoms with E-state index in [2.05, 4.69) is 40.4 Å². The van der Waals surface area contributed by atoms with Crippen LogP contribution in [0.1, 0.15) is 27.3 Å². The Bertz CT molecular complexity index is 1050. The van der Waals surface area contributed by atoms with Gasteiger partial charge in [-0.25, -0.2) is 0 Å². The molecule has 30 heavy (non-hydrogen) atoms. The van der Waals surface area contributed by atoms with Gasteiger partial charge in [0.1, 0.15) is 0 Å². The maximum atomic E-state index is 12.9. The van der Waals surface area contributed by atoms with Crippen molar-refractivity contribution in [1.82, 2.24) is 19.3 Å². The fourth-order valence-electron chi connectivity index (χ4n) is 3.50. The summed E-state index contributed by atoms with van der Waals surface area (Å²) in [6.45, 7) is 11.8. The van der Waals surface area contributed by atoms with Crippen molar-refractivity contribution in [2.45, 2.75) is 39.0 Å². The van der Waals surface area contributed by atoms with Gasteiger partial charge in [0.25, 0.3) is 0 Å². The van der Waals surface area contributed by atoms with Crippen molar-refractivity contribution in [2.75, 3.05) is 19.5 Å². The smallest absolute Gasteiger partial charge is 0.192 e. The minimum Gasteiger partial charge on any atom is -0.383 e. The van der Waals surface area contributed by atoms with Gasteiger partial charge >= 0.3 is 0 Å². The molecule has 6 nitrogen and oxygen atoms in total. The van der Waals surface area contributed by atoms with E-state index in [0.717, 1.165) is 40.4 Å². The Hall–Kier alpha value is -2.64. The highest BCUT2D eigenvalue weighted by Crippen LogP contribution is 2.26. The van der Waals surface area contributed by atoms with E-state index in [-0.39, 0.29) is 5.78 Å². The number of ether oxygens (including phenoxy) is 1. The lowest BCUT2D eigenvalue weighted by atomic mass is 10.1. The monoisotopic (exact) mass is 424 g/mol. The number of ketones is 1. The van der Waals surface area contributed by atoms with Gasteiger partial charge in [0, 0.05) is 42.7 Å². The van der Waals surface area contributed by atoms with Crippen molar-refractivity contribution in [3.63, 3.8) is 0 Å². The Morgan fingerprint density at radius 3 is 2.70 bits per heavy atom. The molecule has 0 atom stereocenters. The first-order valence-corrected chi connectivity index (χ1v) is 10.9. The molecule has 0 N–H and O–H groups in total. The van der Waals surface area contributed by atoms with Crippen LogP contribution < -0.4 is 0 Å². The van der Waals surface area contributed by atoms with Crippen LogP contribution in [0.2, 0.25) is 0 Å². The lowest BCUT2D eigenvalue weighted by molar-refractivity contribution is 0.102. The summed E-state index contributed by atoms with van der Waals surface area (Å²) in [4.78, 5) is 12.9. The van der Waals surface area contributed by atoms with E-state index < -0.39 is 0 Å². The molecule has 2 heterocycles. The van der Waals surface area contributed by atoms with Crippen molar-refractivity contribution >= 4 is 17.5 Å². The summed E-state index contributed by atoms with van der Waals surface area (Å²) < 4.78 is 9.30. The molecule has 0 aliphatic carbocycles. The summed E-state index contributed by atoms with van der Waals surface area (Å²) in [6.07, 6.45) is 1.82. The Labute approximate surface area is 182 Å². The number of Topliss-reactive ketones (excluding diaryl/α,β-unsaturated/α-hetero) is 1. The zero-order valence-corrected chi connectivity index (χ0v) is 18.8. The third-order valence-electron chi connectivity index (χ3n) is 5.03. The van der Waals surface area contributed by atoms with Crippen LogP contribution in [0.25, 0.3) is 11.4 Å². The summed E-state index contributed by atoms with van der Waals surface area (Å²) in [5.74, 6) is 1.17. The molecule has 1 aromatic carbocycles. The Balaban J connectivity index is 1.79. The number of rotatable bonds is 10. The highest BCUT2D eigenvalue weighted by molar-refractivity contribution is 7.99. The topological polar surface area (TPSA) is 61.9 Å². The first-order valence-electron chi connectivity index (χ1n) is 9.89. The van der Waals surface area contributed by atoms with Gasteiger partial charge in [-0.3, -0.25) is 9.36 Å². The first-order chi connectivity index (χ1) is 14.5. The van der Waals surface area contributed by atoms with Gasteiger partial charge in [0.15, 0.2) is 16.8 Å². The summed E-state index contributed by atoms with van der Waals surface area (Å²) in [5, 5.41) is 9.44. The molecule has 3 aromatic rings. The Kier molecular flexibility index (Phi) is 7.29. The van der Waals surface area contributed by atoms with Crippen LogP contribution in [0, 0.1) is 20.8 Å². The molecule has 0 aliphatic rings. The van der Waals surface area contributed by atoms with Gasteiger partial charge in [-0.05, 0) is 32.9 Å². The molecule has 0 fully saturated rings. The van der Waals surface area contributed by atoms with E-state index >= 15 is 0 Å². The third kappa shape index (κ3) is 4.74. The second-order valence-corrected chi connectivity index (χ2v) is 8.16. The summed E-state index contributed by atoms with van der Waals surface area (Å²) in [6, 6.07) is 10.1. The van der Waals surface area contributed by atoms with Crippen LogP contribution in [-0.4, -0.2) is 44.6 Å². The number of carbonyl (C=O) groups excluding carboxylic acids is 1. The van der Waals surface area contributed by atoms with Gasteiger partial charge in [0.2, 0.25) is 0 Å². The minimum absolute atomic E-state index is 0.0852. The van der Waals surface area contributed by atoms with Crippen LogP contribution >= 0.6 is 11.8 Å². The summed E-state index contributed by atoms with van der Waals surface area (Å²) in [7, 11) is 1.68. The molecule has 0 bridgehead atoms. The molecule has 2 aromatic heterocycles. The lowest BCUT2D eigenvalue weighted by Gasteiger charge is -2.09. The van der Waals surface area contributed by atoms with E-state index in [1.165, 1.54) is 11.8 Å². The quantitative estimate of drug-likeness (QED) is 0.273. The summed E-state index contributed by atoms with van der Waals surface area (Å²) in [5.41, 5.74) is 4.96. The number of hydrogen-bond acceptors (Lipinski definition) is 5. The molecule has 0 spiro atoms. The van der Waals surface area contributed by atoms with Crippen LogP contribution in [-0.2, 0) is 17.8 Å². The molecular formula is C23H28N4O2S. The second-order valence-electron chi connectivity index (χ2n) is 7.22. The van der Waals surface area contributed by atoms with Crippen LogP contribution in [0.5, 0.6) is 0 Å². The van der Waals surface area contributed by atoms with E-state index in [1.807, 2.05) is 42.7 Å². The highest BCUT2D eigenvalue weighted by Gasteiger charge is 2.19. The molecule has 0 unspecified atom stereocenters. The number of hydrogen-bond donors (Lipinski definition) is 0. The van der Waals surface area contributed by atoms with Crippen LogP contribution in [0.4, 0.5) is 0 Å². The predicted molar refractivity (Wildman–Crippen MR) is 121 cm³/mol. The maximum Gasteiger partial charge on any atom is 0.192 e. The number of allylic oxidation sites excluding steroid dienone is 1. The largest absolute Gasteiger partial charge is 0.383 e. The zero-order chi connectivity index (χ0) is 21.7. The average molecular weight is 425 g/mol. The molecular weight excluding hydrogens is 396 g/mol. The number of carbonyl (C=O) groups is 1. The molecule has 158 valence electrons. The minimum atomic E-state index is 0.0852. The molecule has 3 rings (SSSR count). The van der Waals surface area contributed by atoms with Gasteiger partial charge in [0.05, 0.1) is 12.4 Å². The van der Waals surface area contributed by atoms with Crippen LogP contribution in [0.15, 0.2) is 48.1 Å². The molecule has 0 radical (unpaired) electrons. The molecule has 0 saturated carbocycles. The molecule has 0 amide bonds. The van der Waals surface area contributed by atoms with E-state index in [4.69, 9.17) is 4.74 Å². The second kappa shape index (κ2) is 9.91. The van der Waals surface area contributed by atoms with Gasteiger partial charge < -0.3 is 9.30 Å². The van der Waals surface area contributed by atoms with Crippen molar-refractivity contribution < 1.29 is 9.53 Å². The van der Waals surface area contributed by atoms with E-state index in [9.17, 15) is 4.79 Å². The number of benzene rings is 1. The maximum absolute atomic E-state index is 12.9. The summed E-state index contributed by atoms with van der Waals surface area (Å²) >= 11 is 1.41. The van der Waals surface area contributed by atoms with Crippen molar-refractivity contribution in [1.29, 1.82) is 0 Å².